The molecule has 0 spiro atoms. The highest BCUT2D eigenvalue weighted by molar-refractivity contribution is 5.81. The molecule has 0 radical (unpaired) electrons. The summed E-state index contributed by atoms with van der Waals surface area (Å²) in [4.78, 5) is 22.8. The number of nitrogens with zero attached hydrogens (tertiary/aromatic N) is 2. The highest BCUT2D eigenvalue weighted by Crippen LogP contribution is 2.07. The number of amides is 1. The van der Waals surface area contributed by atoms with Crippen molar-refractivity contribution in [2.24, 2.45) is 0 Å². The third-order valence-electron chi connectivity index (χ3n) is 1.55. The monoisotopic (exact) mass is 253 g/mol. The molecule has 18 heavy (non-hydrogen) atoms. The third-order valence-corrected chi connectivity index (χ3v) is 1.55. The second kappa shape index (κ2) is 7.13. The molecule has 0 aliphatic carbocycles. The van der Waals surface area contributed by atoms with Gasteiger partial charge in [0.2, 0.25) is 0 Å². The number of nitrogens with one attached hydrogen (secondary N) is 1. The first kappa shape index (κ1) is 15.7. The molecule has 1 amide bonds. The Morgan fingerprint density at radius 3 is 2.33 bits per heavy atom. The zero-order valence-electron chi connectivity index (χ0n) is 10.5. The molecular formula is C11H15N3O4. The Labute approximate surface area is 105 Å². The highest BCUT2D eigenvalue weighted by Gasteiger charge is 2.25. The van der Waals surface area contributed by atoms with Crippen molar-refractivity contribution < 1.29 is 19.1 Å². The minimum absolute atomic E-state index is 0.260. The summed E-state index contributed by atoms with van der Waals surface area (Å²) in [5.74, 6) is -0.844. The summed E-state index contributed by atoms with van der Waals surface area (Å²) < 4.78 is 9.45. The fourth-order valence-electron chi connectivity index (χ4n) is 0.938. The van der Waals surface area contributed by atoms with E-state index in [0.29, 0.717) is 0 Å². The predicted octanol–water partition coefficient (Wildman–Crippen LogP) is 0.860. The molecule has 0 heterocycles. The normalized spacial score (nSPS) is 11.6. The van der Waals surface area contributed by atoms with Crippen molar-refractivity contribution in [3.8, 4) is 12.1 Å². The van der Waals surface area contributed by atoms with Crippen molar-refractivity contribution in [3.05, 3.63) is 0 Å². The first-order chi connectivity index (χ1) is 8.30. The lowest BCUT2D eigenvalue weighted by molar-refractivity contribution is -0.144. The average Bonchev–Trinajstić information content (AvgIpc) is 2.22. The van der Waals surface area contributed by atoms with Crippen LogP contribution in [0.4, 0.5) is 4.79 Å². The zero-order chi connectivity index (χ0) is 14.2. The number of esters is 1. The van der Waals surface area contributed by atoms with Crippen molar-refractivity contribution >= 4 is 12.1 Å². The Morgan fingerprint density at radius 1 is 1.28 bits per heavy atom. The SMILES string of the molecule is CC(C)(C)OC(=O)N[C@@H](CC#N)C(=O)OCC#N. The molecule has 0 aliphatic heterocycles. The number of alkyl carbamates (subject to hydrolysis) is 1. The van der Waals surface area contributed by atoms with Gasteiger partial charge < -0.3 is 14.8 Å². The summed E-state index contributed by atoms with van der Waals surface area (Å²) in [6.45, 7) is 4.57. The first-order valence-electron chi connectivity index (χ1n) is 5.20. The van der Waals surface area contributed by atoms with Crippen molar-refractivity contribution in [1.29, 1.82) is 10.5 Å². The second-order valence-corrected chi connectivity index (χ2v) is 4.33. The molecule has 0 aromatic rings. The van der Waals surface area contributed by atoms with Crippen molar-refractivity contribution in [3.63, 3.8) is 0 Å². The van der Waals surface area contributed by atoms with Crippen LogP contribution in [0.25, 0.3) is 0 Å². The number of hydrogen-bond donors (Lipinski definition) is 1. The van der Waals surface area contributed by atoms with Gasteiger partial charge in [0.15, 0.2) is 6.61 Å². The summed E-state index contributed by atoms with van der Waals surface area (Å²) in [6.07, 6.45) is -1.08. The fraction of sp³-hybridized carbons (Fsp3) is 0.636. The predicted molar refractivity (Wildman–Crippen MR) is 60.0 cm³/mol. The van der Waals surface area contributed by atoms with Crippen LogP contribution in [-0.4, -0.2) is 30.3 Å². The molecule has 7 nitrogen and oxygen atoms in total. The topological polar surface area (TPSA) is 112 Å². The minimum atomic E-state index is -1.14. The molecule has 0 saturated carbocycles. The molecule has 0 aromatic carbocycles. The summed E-state index contributed by atoms with van der Waals surface area (Å²) >= 11 is 0. The van der Waals surface area contributed by atoms with Crippen LogP contribution in [0.1, 0.15) is 27.2 Å². The number of hydrogen-bond acceptors (Lipinski definition) is 6. The quantitative estimate of drug-likeness (QED) is 0.743. The third kappa shape index (κ3) is 7.07. The van der Waals surface area contributed by atoms with Crippen LogP contribution in [0.15, 0.2) is 0 Å². The molecule has 0 saturated heterocycles. The standard InChI is InChI=1S/C11H15N3O4/c1-11(2,3)18-10(16)14-8(4-5-12)9(15)17-7-6-13/h8H,4,7H2,1-3H3,(H,14,16)/t8-/m0/s1. The van der Waals surface area contributed by atoms with Crippen LogP contribution in [-0.2, 0) is 14.3 Å². The molecular weight excluding hydrogens is 238 g/mol. The van der Waals surface area contributed by atoms with Crippen LogP contribution in [0.3, 0.4) is 0 Å². The maximum atomic E-state index is 11.4. The van der Waals surface area contributed by atoms with Gasteiger partial charge in [-0.25, -0.2) is 9.59 Å². The lowest BCUT2D eigenvalue weighted by Crippen LogP contribution is -2.44. The van der Waals surface area contributed by atoms with Gasteiger partial charge in [-0.3, -0.25) is 0 Å². The van der Waals surface area contributed by atoms with Gasteiger partial charge >= 0.3 is 12.1 Å². The molecule has 0 fully saturated rings. The lowest BCUT2D eigenvalue weighted by atomic mass is 10.2. The van der Waals surface area contributed by atoms with Gasteiger partial charge in [-0.2, -0.15) is 10.5 Å². The van der Waals surface area contributed by atoms with Crippen molar-refractivity contribution in [1.82, 2.24) is 5.32 Å². The molecule has 98 valence electrons. The van der Waals surface area contributed by atoms with Crippen LogP contribution in [0, 0.1) is 22.7 Å². The van der Waals surface area contributed by atoms with E-state index in [-0.39, 0.29) is 6.42 Å². The van der Waals surface area contributed by atoms with Gasteiger partial charge in [0.05, 0.1) is 12.5 Å². The van der Waals surface area contributed by atoms with E-state index in [1.165, 1.54) is 0 Å². The number of carbonyl (C=O) groups is 2. The van der Waals surface area contributed by atoms with Gasteiger partial charge in [-0.15, -0.1) is 0 Å². The number of ether oxygens (including phenoxy) is 2. The van der Waals surface area contributed by atoms with E-state index < -0.39 is 30.3 Å². The van der Waals surface area contributed by atoms with E-state index in [1.54, 1.807) is 32.9 Å². The Bertz CT molecular complexity index is 387. The molecule has 0 aromatic heterocycles. The maximum absolute atomic E-state index is 11.4. The van der Waals surface area contributed by atoms with E-state index in [1.807, 2.05) is 0 Å². The molecule has 0 bridgehead atoms. The van der Waals surface area contributed by atoms with E-state index in [9.17, 15) is 9.59 Å². The van der Waals surface area contributed by atoms with Gasteiger partial charge in [0.25, 0.3) is 0 Å². The highest BCUT2D eigenvalue weighted by atomic mass is 16.6. The molecule has 1 atom stereocenters. The van der Waals surface area contributed by atoms with E-state index in [0.717, 1.165) is 0 Å². The fourth-order valence-corrected chi connectivity index (χ4v) is 0.938. The molecule has 0 unspecified atom stereocenters. The van der Waals surface area contributed by atoms with E-state index >= 15 is 0 Å². The first-order valence-corrected chi connectivity index (χ1v) is 5.20. The molecule has 0 rings (SSSR count). The Morgan fingerprint density at radius 2 is 1.89 bits per heavy atom. The van der Waals surface area contributed by atoms with Gasteiger partial charge in [-0.1, -0.05) is 0 Å². The minimum Gasteiger partial charge on any atom is -0.449 e. The summed E-state index contributed by atoms with van der Waals surface area (Å²) in [6, 6.07) is 2.22. The van der Waals surface area contributed by atoms with E-state index in [2.05, 4.69) is 10.1 Å². The summed E-state index contributed by atoms with van der Waals surface area (Å²) in [5, 5.41) is 19.0. The van der Waals surface area contributed by atoms with Crippen LogP contribution in [0.5, 0.6) is 0 Å². The van der Waals surface area contributed by atoms with Gasteiger partial charge in [-0.05, 0) is 20.8 Å². The Balaban J connectivity index is 4.45. The largest absolute Gasteiger partial charge is 0.449 e. The summed E-state index contributed by atoms with van der Waals surface area (Å²) in [5.41, 5.74) is -0.710. The number of rotatable bonds is 4. The Hall–Kier alpha value is -2.28. The van der Waals surface area contributed by atoms with E-state index in [4.69, 9.17) is 15.3 Å². The smallest absolute Gasteiger partial charge is 0.408 e. The molecule has 7 heteroatoms. The second-order valence-electron chi connectivity index (χ2n) is 4.33. The van der Waals surface area contributed by atoms with Gasteiger partial charge in [0.1, 0.15) is 17.7 Å². The average molecular weight is 253 g/mol. The number of carbonyl (C=O) groups excluding carboxylic acids is 2. The van der Waals surface area contributed by atoms with Crippen molar-refractivity contribution in [2.75, 3.05) is 6.61 Å². The van der Waals surface area contributed by atoms with Crippen LogP contribution < -0.4 is 5.32 Å². The van der Waals surface area contributed by atoms with Crippen LogP contribution in [0.2, 0.25) is 0 Å². The number of nitriles is 2. The zero-order valence-corrected chi connectivity index (χ0v) is 10.5. The van der Waals surface area contributed by atoms with Crippen molar-refractivity contribution in [2.45, 2.75) is 38.8 Å². The molecule has 1 N–H and O–H groups in total. The Kier molecular flexibility index (Phi) is 6.22. The molecule has 0 aliphatic rings. The maximum Gasteiger partial charge on any atom is 0.408 e. The van der Waals surface area contributed by atoms with Crippen LogP contribution >= 0.6 is 0 Å². The summed E-state index contributed by atoms with van der Waals surface area (Å²) in [7, 11) is 0. The van der Waals surface area contributed by atoms with Gasteiger partial charge in [0, 0.05) is 0 Å². The lowest BCUT2D eigenvalue weighted by Gasteiger charge is -2.21.